The van der Waals surface area contributed by atoms with Gasteiger partial charge in [-0.25, -0.2) is 8.42 Å². The fourth-order valence-corrected chi connectivity index (χ4v) is 5.05. The van der Waals surface area contributed by atoms with Gasteiger partial charge >= 0.3 is 0 Å². The van der Waals surface area contributed by atoms with Crippen molar-refractivity contribution in [3.05, 3.63) is 66.2 Å². The molecule has 1 aliphatic heterocycles. The minimum Gasteiger partial charge on any atom is -0.394 e. The van der Waals surface area contributed by atoms with Crippen LogP contribution in [0.25, 0.3) is 0 Å². The lowest BCUT2D eigenvalue weighted by Gasteiger charge is -2.25. The molecule has 2 aromatic rings. The summed E-state index contributed by atoms with van der Waals surface area (Å²) in [4.78, 5) is 13.0. The van der Waals surface area contributed by atoms with Crippen molar-refractivity contribution in [3.63, 3.8) is 0 Å². The van der Waals surface area contributed by atoms with Gasteiger partial charge in [-0.3, -0.25) is 4.79 Å². The van der Waals surface area contributed by atoms with E-state index in [-0.39, 0.29) is 17.4 Å². The first-order valence-corrected chi connectivity index (χ1v) is 10.5. The highest BCUT2D eigenvalue weighted by Crippen LogP contribution is 2.26. The predicted molar refractivity (Wildman–Crippen MR) is 103 cm³/mol. The number of sulfonamides is 1. The van der Waals surface area contributed by atoms with Crippen molar-refractivity contribution in [2.75, 3.05) is 13.2 Å². The standard InChI is InChI=1S/C20H24N2O4S/c23-15-17(14-16-8-3-1-4-9-16)21-20(24)19-12-7-13-22(19)27(25,26)18-10-5-2-6-11-18/h1-6,8-11,17,19,23H,7,12-15H2,(H,21,24)/t17-,19+/m0/s1. The highest BCUT2D eigenvalue weighted by atomic mass is 32.2. The van der Waals surface area contributed by atoms with Crippen LogP contribution in [-0.4, -0.2) is 49.0 Å². The Kier molecular flexibility index (Phi) is 6.26. The minimum absolute atomic E-state index is 0.188. The molecule has 144 valence electrons. The van der Waals surface area contributed by atoms with Gasteiger partial charge in [0.1, 0.15) is 6.04 Å². The maximum atomic E-state index is 12.9. The van der Waals surface area contributed by atoms with Gasteiger partial charge in [-0.05, 0) is 37.0 Å². The van der Waals surface area contributed by atoms with Gasteiger partial charge in [0.25, 0.3) is 0 Å². The van der Waals surface area contributed by atoms with E-state index < -0.39 is 22.1 Å². The molecule has 3 rings (SSSR count). The Morgan fingerprint density at radius 2 is 1.74 bits per heavy atom. The average Bonchev–Trinajstić information content (AvgIpc) is 3.20. The molecule has 0 unspecified atom stereocenters. The number of hydrogen-bond acceptors (Lipinski definition) is 4. The van der Waals surface area contributed by atoms with Crippen LogP contribution in [0, 0.1) is 0 Å². The molecule has 0 bridgehead atoms. The molecule has 0 spiro atoms. The zero-order chi connectivity index (χ0) is 19.3. The summed E-state index contributed by atoms with van der Waals surface area (Å²) >= 11 is 0. The minimum atomic E-state index is -3.72. The maximum Gasteiger partial charge on any atom is 0.243 e. The first kappa shape index (κ1) is 19.5. The summed E-state index contributed by atoms with van der Waals surface area (Å²) in [6.45, 7) is 0.108. The third-order valence-electron chi connectivity index (χ3n) is 4.75. The smallest absolute Gasteiger partial charge is 0.243 e. The molecule has 0 saturated carbocycles. The van der Waals surface area contributed by atoms with Gasteiger partial charge in [-0.2, -0.15) is 4.31 Å². The molecule has 1 amide bonds. The van der Waals surface area contributed by atoms with Crippen molar-refractivity contribution in [3.8, 4) is 0 Å². The molecule has 6 nitrogen and oxygen atoms in total. The summed E-state index contributed by atoms with van der Waals surface area (Å²) in [7, 11) is -3.72. The maximum absolute atomic E-state index is 12.9. The predicted octanol–water partition coefficient (Wildman–Crippen LogP) is 1.56. The monoisotopic (exact) mass is 388 g/mol. The zero-order valence-corrected chi connectivity index (χ0v) is 15.8. The van der Waals surface area contributed by atoms with Crippen LogP contribution < -0.4 is 5.32 Å². The molecular formula is C20H24N2O4S. The Labute approximate surface area is 159 Å². The molecule has 1 aliphatic rings. The van der Waals surface area contributed by atoms with E-state index in [0.29, 0.717) is 25.8 Å². The number of benzene rings is 2. The molecule has 1 saturated heterocycles. The lowest BCUT2D eigenvalue weighted by atomic mass is 10.1. The Morgan fingerprint density at radius 1 is 1.11 bits per heavy atom. The van der Waals surface area contributed by atoms with Crippen molar-refractivity contribution in [1.29, 1.82) is 0 Å². The molecule has 1 fully saturated rings. The van der Waals surface area contributed by atoms with E-state index >= 15 is 0 Å². The number of carbonyl (C=O) groups excluding carboxylic acids is 1. The SMILES string of the molecule is O=C(N[C@H](CO)Cc1ccccc1)[C@H]1CCCN1S(=O)(=O)c1ccccc1. The second kappa shape index (κ2) is 8.65. The Hall–Kier alpha value is -2.22. The zero-order valence-electron chi connectivity index (χ0n) is 15.0. The molecule has 7 heteroatoms. The first-order valence-electron chi connectivity index (χ1n) is 9.04. The third kappa shape index (κ3) is 4.55. The Morgan fingerprint density at radius 3 is 2.37 bits per heavy atom. The van der Waals surface area contributed by atoms with E-state index in [4.69, 9.17) is 0 Å². The van der Waals surface area contributed by atoms with E-state index in [2.05, 4.69) is 5.32 Å². The molecular weight excluding hydrogens is 364 g/mol. The second-order valence-electron chi connectivity index (χ2n) is 6.66. The van der Waals surface area contributed by atoms with E-state index in [1.54, 1.807) is 18.2 Å². The van der Waals surface area contributed by atoms with Gasteiger partial charge in [-0.1, -0.05) is 48.5 Å². The number of hydrogen-bond donors (Lipinski definition) is 2. The summed E-state index contributed by atoms with van der Waals surface area (Å²) in [5, 5.41) is 12.5. The van der Waals surface area contributed by atoms with Crippen molar-refractivity contribution in [1.82, 2.24) is 9.62 Å². The van der Waals surface area contributed by atoms with Gasteiger partial charge in [0.15, 0.2) is 0 Å². The molecule has 0 aliphatic carbocycles. The molecule has 2 aromatic carbocycles. The Balaban J connectivity index is 1.71. The van der Waals surface area contributed by atoms with Crippen LogP contribution in [0.2, 0.25) is 0 Å². The highest BCUT2D eigenvalue weighted by molar-refractivity contribution is 7.89. The number of nitrogens with one attached hydrogen (secondary N) is 1. The van der Waals surface area contributed by atoms with Crippen LogP contribution in [0.1, 0.15) is 18.4 Å². The molecule has 0 aromatic heterocycles. The number of nitrogens with zero attached hydrogens (tertiary/aromatic N) is 1. The molecule has 1 heterocycles. The van der Waals surface area contributed by atoms with Gasteiger partial charge < -0.3 is 10.4 Å². The molecule has 0 radical (unpaired) electrons. The molecule has 2 atom stereocenters. The fraction of sp³-hybridized carbons (Fsp3) is 0.350. The van der Waals surface area contributed by atoms with Crippen LogP contribution in [0.15, 0.2) is 65.6 Å². The van der Waals surface area contributed by atoms with Crippen LogP contribution in [0.3, 0.4) is 0 Å². The topological polar surface area (TPSA) is 86.7 Å². The van der Waals surface area contributed by atoms with E-state index in [0.717, 1.165) is 5.56 Å². The summed E-state index contributed by atoms with van der Waals surface area (Å²) in [5.41, 5.74) is 0.997. The number of aliphatic hydroxyl groups is 1. The van der Waals surface area contributed by atoms with Crippen molar-refractivity contribution >= 4 is 15.9 Å². The van der Waals surface area contributed by atoms with E-state index in [1.807, 2.05) is 30.3 Å². The van der Waals surface area contributed by atoms with Gasteiger partial charge in [0, 0.05) is 6.54 Å². The van der Waals surface area contributed by atoms with Crippen LogP contribution in [-0.2, 0) is 21.2 Å². The normalized spacial score (nSPS) is 18.9. The lowest BCUT2D eigenvalue weighted by Crippen LogP contribution is -2.50. The highest BCUT2D eigenvalue weighted by Gasteiger charge is 2.39. The van der Waals surface area contributed by atoms with Crippen LogP contribution in [0.5, 0.6) is 0 Å². The summed E-state index contributed by atoms with van der Waals surface area (Å²) in [6, 6.07) is 16.5. The summed E-state index contributed by atoms with van der Waals surface area (Å²) < 4.78 is 27.1. The first-order chi connectivity index (χ1) is 13.0. The number of rotatable bonds is 7. The van der Waals surface area contributed by atoms with E-state index in [1.165, 1.54) is 16.4 Å². The van der Waals surface area contributed by atoms with Crippen LogP contribution >= 0.6 is 0 Å². The van der Waals surface area contributed by atoms with Gasteiger partial charge in [0.05, 0.1) is 17.5 Å². The quantitative estimate of drug-likeness (QED) is 0.754. The van der Waals surface area contributed by atoms with Gasteiger partial charge in [-0.15, -0.1) is 0 Å². The number of amides is 1. The average molecular weight is 388 g/mol. The van der Waals surface area contributed by atoms with E-state index in [9.17, 15) is 18.3 Å². The summed E-state index contributed by atoms with van der Waals surface area (Å²) in [5.74, 6) is -0.359. The van der Waals surface area contributed by atoms with Crippen LogP contribution in [0.4, 0.5) is 0 Å². The number of carbonyl (C=O) groups is 1. The molecule has 27 heavy (non-hydrogen) atoms. The summed E-state index contributed by atoms with van der Waals surface area (Å²) in [6.07, 6.45) is 1.59. The van der Waals surface area contributed by atoms with Gasteiger partial charge in [0.2, 0.25) is 15.9 Å². The fourth-order valence-electron chi connectivity index (χ4n) is 3.37. The van der Waals surface area contributed by atoms with Crippen molar-refractivity contribution in [2.45, 2.75) is 36.2 Å². The lowest BCUT2D eigenvalue weighted by molar-refractivity contribution is -0.125. The third-order valence-corrected chi connectivity index (χ3v) is 6.67. The number of aliphatic hydroxyl groups excluding tert-OH is 1. The second-order valence-corrected chi connectivity index (χ2v) is 8.56. The largest absolute Gasteiger partial charge is 0.394 e. The Bertz CT molecular complexity index is 856. The molecule has 2 N–H and O–H groups in total. The van der Waals surface area contributed by atoms with Crippen molar-refractivity contribution < 1.29 is 18.3 Å². The van der Waals surface area contributed by atoms with Crippen molar-refractivity contribution in [2.24, 2.45) is 0 Å².